The molecule has 2 heterocycles. The lowest BCUT2D eigenvalue weighted by molar-refractivity contribution is 0.0932. The minimum Gasteiger partial charge on any atom is -0.492 e. The highest BCUT2D eigenvalue weighted by Crippen LogP contribution is 2.37. The van der Waals surface area contributed by atoms with E-state index in [-0.39, 0.29) is 23.5 Å². The smallest absolute Gasteiger partial charge is 0.320 e. The summed E-state index contributed by atoms with van der Waals surface area (Å²) in [5, 5.41) is 8.75. The maximum absolute atomic E-state index is 12.4. The minimum atomic E-state index is -0.428. The molecule has 1 aliphatic heterocycles. The van der Waals surface area contributed by atoms with Crippen LogP contribution in [0.15, 0.2) is 36.4 Å². The first-order valence-electron chi connectivity index (χ1n) is 8.81. The zero-order valence-corrected chi connectivity index (χ0v) is 16.1. The molecule has 0 unspecified atom stereocenters. The quantitative estimate of drug-likeness (QED) is 0.642. The number of methoxy groups -OCH3 is 1. The fourth-order valence-electron chi connectivity index (χ4n) is 2.84. The van der Waals surface area contributed by atoms with Gasteiger partial charge in [0.1, 0.15) is 17.3 Å². The number of amides is 3. The molecule has 1 aromatic carbocycles. The molecule has 28 heavy (non-hydrogen) atoms. The number of carbonyl (C=O) groups is 2. The molecule has 1 aromatic heterocycles. The Hall–Kier alpha value is -2.84. The topological polar surface area (TPSA) is 102 Å². The van der Waals surface area contributed by atoms with Crippen LogP contribution < -0.4 is 20.7 Å². The van der Waals surface area contributed by atoms with Crippen LogP contribution in [-0.4, -0.2) is 43.8 Å². The normalized spacial score (nSPS) is 15.1. The van der Waals surface area contributed by atoms with Crippen molar-refractivity contribution in [3.63, 3.8) is 0 Å². The van der Waals surface area contributed by atoms with Crippen molar-refractivity contribution in [1.29, 1.82) is 0 Å². The van der Waals surface area contributed by atoms with Crippen LogP contribution in [-0.2, 0) is 4.74 Å². The first-order chi connectivity index (χ1) is 13.6. The second-order valence-electron chi connectivity index (χ2n) is 6.10. The number of rotatable bonds is 6. The van der Waals surface area contributed by atoms with Gasteiger partial charge in [0.05, 0.1) is 24.3 Å². The third kappa shape index (κ3) is 4.90. The third-order valence-corrected chi connectivity index (χ3v) is 4.44. The Morgan fingerprint density at radius 1 is 1.29 bits per heavy atom. The molecular weight excluding hydrogens is 384 g/mol. The van der Waals surface area contributed by atoms with Gasteiger partial charge in [-0.2, -0.15) is 0 Å². The number of urea groups is 1. The maximum Gasteiger partial charge on any atom is 0.320 e. The van der Waals surface area contributed by atoms with Crippen LogP contribution >= 0.6 is 11.6 Å². The Balaban J connectivity index is 1.62. The Morgan fingerprint density at radius 2 is 2.11 bits per heavy atom. The number of ether oxygens (including phenoxy) is 2. The summed E-state index contributed by atoms with van der Waals surface area (Å²) < 4.78 is 10.5. The summed E-state index contributed by atoms with van der Waals surface area (Å²) in [6, 6.07) is 9.60. The average Bonchev–Trinajstić information content (AvgIpc) is 2.69. The first kappa shape index (κ1) is 19.9. The van der Waals surface area contributed by atoms with E-state index < -0.39 is 6.03 Å². The van der Waals surface area contributed by atoms with E-state index in [0.717, 1.165) is 5.56 Å². The first-order valence-corrected chi connectivity index (χ1v) is 9.19. The summed E-state index contributed by atoms with van der Waals surface area (Å²) in [6.07, 6.45) is 0.621. The lowest BCUT2D eigenvalue weighted by atomic mass is 10.0. The number of hydrogen-bond acceptors (Lipinski definition) is 5. The van der Waals surface area contributed by atoms with Gasteiger partial charge in [-0.25, -0.2) is 9.78 Å². The second kappa shape index (κ2) is 9.38. The zero-order valence-electron chi connectivity index (χ0n) is 15.3. The Bertz CT molecular complexity index is 862. The highest BCUT2D eigenvalue weighted by Gasteiger charge is 2.24. The summed E-state index contributed by atoms with van der Waals surface area (Å²) in [6.45, 7) is 1.24. The van der Waals surface area contributed by atoms with Gasteiger partial charge in [-0.1, -0.05) is 29.8 Å². The predicted molar refractivity (Wildman–Crippen MR) is 105 cm³/mol. The lowest BCUT2D eigenvalue weighted by Gasteiger charge is -2.27. The number of nitrogens with one attached hydrogen (secondary N) is 3. The van der Waals surface area contributed by atoms with Crippen molar-refractivity contribution in [3.8, 4) is 5.75 Å². The molecule has 0 radical (unpaired) electrons. The van der Waals surface area contributed by atoms with Crippen LogP contribution in [0.4, 0.5) is 10.6 Å². The van der Waals surface area contributed by atoms with E-state index >= 15 is 0 Å². The Morgan fingerprint density at radius 3 is 2.93 bits per heavy atom. The van der Waals surface area contributed by atoms with Gasteiger partial charge < -0.3 is 20.1 Å². The van der Waals surface area contributed by atoms with E-state index in [9.17, 15) is 9.59 Å². The zero-order chi connectivity index (χ0) is 19.9. The average molecular weight is 405 g/mol. The molecule has 0 saturated heterocycles. The van der Waals surface area contributed by atoms with E-state index in [4.69, 9.17) is 21.1 Å². The lowest BCUT2D eigenvalue weighted by Crippen LogP contribution is -2.35. The highest BCUT2D eigenvalue weighted by atomic mass is 35.5. The molecule has 0 fully saturated rings. The number of halogens is 1. The number of para-hydroxylation sites is 1. The van der Waals surface area contributed by atoms with Crippen molar-refractivity contribution in [2.24, 2.45) is 0 Å². The van der Waals surface area contributed by atoms with Gasteiger partial charge in [-0.05, 0) is 18.2 Å². The van der Waals surface area contributed by atoms with Crippen molar-refractivity contribution in [2.75, 3.05) is 32.2 Å². The molecule has 3 rings (SSSR count). The Kier molecular flexibility index (Phi) is 6.67. The van der Waals surface area contributed by atoms with Crippen LogP contribution in [0.1, 0.15) is 28.5 Å². The molecule has 0 bridgehead atoms. The van der Waals surface area contributed by atoms with E-state index in [1.54, 1.807) is 31.4 Å². The van der Waals surface area contributed by atoms with Crippen LogP contribution in [0.5, 0.6) is 5.75 Å². The molecule has 148 valence electrons. The molecular formula is C19H21ClN4O4. The van der Waals surface area contributed by atoms with Gasteiger partial charge in [0.15, 0.2) is 0 Å². The maximum atomic E-state index is 12.4. The standard InChI is InChI=1S/C19H21ClN4O4/c1-27-11-9-21-18(25)15-6-3-7-16(22-15)24-19(26)23-14-8-10-28-17-12(14)4-2-5-13(17)20/h2-7,14H,8-11H2,1H3,(H,21,25)(H2,22,23,24,26)/t14-/m0/s1. The number of benzene rings is 1. The molecule has 0 saturated carbocycles. The van der Waals surface area contributed by atoms with Crippen LogP contribution in [0.3, 0.4) is 0 Å². The van der Waals surface area contributed by atoms with Gasteiger partial charge in [-0.3, -0.25) is 10.1 Å². The van der Waals surface area contributed by atoms with Crippen LogP contribution in [0, 0.1) is 0 Å². The summed E-state index contributed by atoms with van der Waals surface area (Å²) in [5.41, 5.74) is 1.03. The fourth-order valence-corrected chi connectivity index (χ4v) is 3.07. The van der Waals surface area contributed by atoms with Gasteiger partial charge in [0.2, 0.25) is 0 Å². The van der Waals surface area contributed by atoms with Gasteiger partial charge in [0.25, 0.3) is 5.91 Å². The molecule has 3 amide bonds. The number of pyridine rings is 1. The molecule has 9 heteroatoms. The number of carbonyl (C=O) groups excluding carboxylic acids is 2. The number of aromatic nitrogens is 1. The van der Waals surface area contributed by atoms with Gasteiger partial charge in [-0.15, -0.1) is 0 Å². The number of anilines is 1. The largest absolute Gasteiger partial charge is 0.492 e. The minimum absolute atomic E-state index is 0.206. The number of nitrogens with zero attached hydrogens (tertiary/aromatic N) is 1. The Labute approximate surface area is 167 Å². The van der Waals surface area contributed by atoms with E-state index in [2.05, 4.69) is 20.9 Å². The summed E-state index contributed by atoms with van der Waals surface area (Å²) >= 11 is 6.16. The number of fused-ring (bicyclic) bond motifs is 1. The molecule has 0 aliphatic carbocycles. The predicted octanol–water partition coefficient (Wildman–Crippen LogP) is 2.76. The molecule has 3 N–H and O–H groups in total. The molecule has 0 spiro atoms. The van der Waals surface area contributed by atoms with Crippen LogP contribution in [0.2, 0.25) is 5.02 Å². The number of hydrogen-bond donors (Lipinski definition) is 3. The summed E-state index contributed by atoms with van der Waals surface area (Å²) in [7, 11) is 1.55. The second-order valence-corrected chi connectivity index (χ2v) is 6.51. The third-order valence-electron chi connectivity index (χ3n) is 4.15. The van der Waals surface area contributed by atoms with Crippen molar-refractivity contribution in [1.82, 2.24) is 15.6 Å². The van der Waals surface area contributed by atoms with Gasteiger partial charge >= 0.3 is 6.03 Å². The molecule has 2 aromatic rings. The molecule has 1 atom stereocenters. The van der Waals surface area contributed by atoms with Crippen molar-refractivity contribution in [3.05, 3.63) is 52.7 Å². The molecule has 1 aliphatic rings. The van der Waals surface area contributed by atoms with E-state index in [1.165, 1.54) is 0 Å². The van der Waals surface area contributed by atoms with E-state index in [0.29, 0.717) is 37.0 Å². The highest BCUT2D eigenvalue weighted by molar-refractivity contribution is 6.32. The SMILES string of the molecule is COCCNC(=O)c1cccc(NC(=O)N[C@H]2CCOc3c(Cl)cccc32)n1. The van der Waals surface area contributed by atoms with Crippen LogP contribution in [0.25, 0.3) is 0 Å². The molecule has 8 nitrogen and oxygen atoms in total. The van der Waals surface area contributed by atoms with Crippen molar-refractivity contribution >= 4 is 29.4 Å². The van der Waals surface area contributed by atoms with E-state index in [1.807, 2.05) is 12.1 Å². The summed E-state index contributed by atoms with van der Waals surface area (Å²) in [5.74, 6) is 0.526. The monoisotopic (exact) mass is 404 g/mol. The van der Waals surface area contributed by atoms with Crippen molar-refractivity contribution < 1.29 is 19.1 Å². The van der Waals surface area contributed by atoms with Crippen molar-refractivity contribution in [2.45, 2.75) is 12.5 Å². The fraction of sp³-hybridized carbons (Fsp3) is 0.316. The summed E-state index contributed by atoms with van der Waals surface area (Å²) in [4.78, 5) is 28.6. The van der Waals surface area contributed by atoms with Gasteiger partial charge in [0, 0.05) is 25.6 Å².